The van der Waals surface area contributed by atoms with E-state index in [1.54, 1.807) is 0 Å². The average molecular weight is 242 g/mol. The third-order valence-corrected chi connectivity index (χ3v) is 2.51. The van der Waals surface area contributed by atoms with Crippen molar-refractivity contribution in [3.63, 3.8) is 0 Å². The molecule has 100 valence electrons. The standard InChI is InChI=1S/C14H26O3/c1-6-12(5)13(15)9-11(4)10-14(16-7-2)17-8-3/h9,13-15H,5-8,10H2,1-4H3/b11-9+. The van der Waals surface area contributed by atoms with E-state index < -0.39 is 6.10 Å². The van der Waals surface area contributed by atoms with Crippen molar-refractivity contribution in [1.82, 2.24) is 0 Å². The van der Waals surface area contributed by atoms with Crippen LogP contribution in [0.2, 0.25) is 0 Å². The monoisotopic (exact) mass is 242 g/mol. The molecule has 0 aromatic heterocycles. The van der Waals surface area contributed by atoms with E-state index in [1.807, 2.05) is 33.8 Å². The van der Waals surface area contributed by atoms with Gasteiger partial charge >= 0.3 is 0 Å². The van der Waals surface area contributed by atoms with Gasteiger partial charge in [-0.1, -0.05) is 25.2 Å². The minimum atomic E-state index is -0.566. The number of hydrogen-bond acceptors (Lipinski definition) is 3. The third-order valence-electron chi connectivity index (χ3n) is 2.51. The minimum Gasteiger partial charge on any atom is -0.385 e. The van der Waals surface area contributed by atoms with E-state index >= 15 is 0 Å². The topological polar surface area (TPSA) is 38.7 Å². The van der Waals surface area contributed by atoms with Crippen molar-refractivity contribution in [1.29, 1.82) is 0 Å². The Morgan fingerprint density at radius 1 is 1.24 bits per heavy atom. The van der Waals surface area contributed by atoms with Gasteiger partial charge in [0.25, 0.3) is 0 Å². The van der Waals surface area contributed by atoms with Crippen LogP contribution in [0.4, 0.5) is 0 Å². The molecule has 0 heterocycles. The fourth-order valence-corrected chi connectivity index (χ4v) is 1.47. The second-order valence-corrected chi connectivity index (χ2v) is 4.01. The zero-order chi connectivity index (χ0) is 13.3. The molecule has 1 N–H and O–H groups in total. The second-order valence-electron chi connectivity index (χ2n) is 4.01. The summed E-state index contributed by atoms with van der Waals surface area (Å²) >= 11 is 0. The Balaban J connectivity index is 4.32. The lowest BCUT2D eigenvalue weighted by molar-refractivity contribution is -0.134. The summed E-state index contributed by atoms with van der Waals surface area (Å²) in [7, 11) is 0. The zero-order valence-corrected chi connectivity index (χ0v) is 11.5. The molecule has 0 amide bonds. The maximum Gasteiger partial charge on any atom is 0.161 e. The molecular weight excluding hydrogens is 216 g/mol. The van der Waals surface area contributed by atoms with Crippen molar-refractivity contribution in [3.8, 4) is 0 Å². The van der Waals surface area contributed by atoms with E-state index in [-0.39, 0.29) is 6.29 Å². The molecule has 0 aliphatic heterocycles. The fourth-order valence-electron chi connectivity index (χ4n) is 1.47. The van der Waals surface area contributed by atoms with Crippen LogP contribution in [0.15, 0.2) is 23.8 Å². The highest BCUT2D eigenvalue weighted by Gasteiger charge is 2.10. The first-order valence-electron chi connectivity index (χ1n) is 6.31. The van der Waals surface area contributed by atoms with Crippen LogP contribution in [0, 0.1) is 0 Å². The highest BCUT2D eigenvalue weighted by Crippen LogP contribution is 2.14. The van der Waals surface area contributed by atoms with Crippen LogP contribution in [0.3, 0.4) is 0 Å². The van der Waals surface area contributed by atoms with Crippen LogP contribution in [0.25, 0.3) is 0 Å². The van der Waals surface area contributed by atoms with Crippen molar-refractivity contribution >= 4 is 0 Å². The van der Waals surface area contributed by atoms with Crippen LogP contribution < -0.4 is 0 Å². The molecule has 0 aliphatic rings. The summed E-state index contributed by atoms with van der Waals surface area (Å²) in [5.41, 5.74) is 1.88. The summed E-state index contributed by atoms with van der Waals surface area (Å²) in [6.45, 7) is 12.9. The fraction of sp³-hybridized carbons (Fsp3) is 0.714. The Bertz CT molecular complexity index is 240. The molecule has 0 aromatic rings. The molecule has 3 nitrogen and oxygen atoms in total. The number of aliphatic hydroxyl groups is 1. The predicted molar refractivity (Wildman–Crippen MR) is 70.9 cm³/mol. The lowest BCUT2D eigenvalue weighted by atomic mass is 10.1. The summed E-state index contributed by atoms with van der Waals surface area (Å²) in [5, 5.41) is 9.80. The zero-order valence-electron chi connectivity index (χ0n) is 11.5. The van der Waals surface area contributed by atoms with Crippen LogP contribution in [-0.2, 0) is 9.47 Å². The molecule has 1 unspecified atom stereocenters. The number of rotatable bonds is 9. The number of ether oxygens (including phenoxy) is 2. The van der Waals surface area contributed by atoms with Gasteiger partial charge in [0.2, 0.25) is 0 Å². The van der Waals surface area contributed by atoms with Gasteiger partial charge in [-0.05, 0) is 32.8 Å². The largest absolute Gasteiger partial charge is 0.385 e. The first kappa shape index (κ1) is 16.4. The first-order chi connectivity index (χ1) is 8.04. The predicted octanol–water partition coefficient (Wildman–Crippen LogP) is 3.05. The molecule has 1 atom stereocenters. The second kappa shape index (κ2) is 9.40. The van der Waals surface area contributed by atoms with Crippen LogP contribution in [0.1, 0.15) is 40.5 Å². The molecule has 0 saturated heterocycles. The molecule has 0 radical (unpaired) electrons. The van der Waals surface area contributed by atoms with E-state index in [9.17, 15) is 5.11 Å². The van der Waals surface area contributed by atoms with Gasteiger partial charge in [-0.2, -0.15) is 0 Å². The summed E-state index contributed by atoms with van der Waals surface area (Å²) < 4.78 is 10.9. The van der Waals surface area contributed by atoms with Crippen LogP contribution in [-0.4, -0.2) is 30.7 Å². The Kier molecular flexibility index (Phi) is 9.04. The van der Waals surface area contributed by atoms with Crippen LogP contribution >= 0.6 is 0 Å². The number of hydrogen-bond donors (Lipinski definition) is 1. The third kappa shape index (κ3) is 7.31. The van der Waals surface area contributed by atoms with E-state index in [0.717, 1.165) is 17.6 Å². The van der Waals surface area contributed by atoms with E-state index in [2.05, 4.69) is 6.58 Å². The molecule has 0 bridgehead atoms. The van der Waals surface area contributed by atoms with Crippen molar-refractivity contribution in [2.45, 2.75) is 52.9 Å². The smallest absolute Gasteiger partial charge is 0.161 e. The quantitative estimate of drug-likeness (QED) is 0.499. The Labute approximate surface area is 105 Å². The average Bonchev–Trinajstić information content (AvgIpc) is 2.28. The molecule has 0 rings (SSSR count). The summed E-state index contributed by atoms with van der Waals surface area (Å²) in [6.07, 6.45) is 2.49. The van der Waals surface area contributed by atoms with Gasteiger partial charge in [0, 0.05) is 19.6 Å². The van der Waals surface area contributed by atoms with Gasteiger partial charge in [0.15, 0.2) is 6.29 Å². The summed E-state index contributed by atoms with van der Waals surface area (Å²) in [6, 6.07) is 0. The summed E-state index contributed by atoms with van der Waals surface area (Å²) in [5.74, 6) is 0. The first-order valence-corrected chi connectivity index (χ1v) is 6.31. The molecule has 0 aromatic carbocycles. The van der Waals surface area contributed by atoms with Crippen molar-refractivity contribution in [2.24, 2.45) is 0 Å². The highest BCUT2D eigenvalue weighted by molar-refractivity contribution is 5.14. The van der Waals surface area contributed by atoms with Crippen molar-refractivity contribution in [3.05, 3.63) is 23.8 Å². The lowest BCUT2D eigenvalue weighted by Crippen LogP contribution is -2.18. The van der Waals surface area contributed by atoms with Crippen molar-refractivity contribution in [2.75, 3.05) is 13.2 Å². The SMILES string of the molecule is C=C(CC)C(O)/C=C(\C)CC(OCC)OCC. The highest BCUT2D eigenvalue weighted by atomic mass is 16.7. The maximum atomic E-state index is 9.80. The maximum absolute atomic E-state index is 9.80. The molecule has 3 heteroatoms. The van der Waals surface area contributed by atoms with Gasteiger partial charge in [0.1, 0.15) is 0 Å². The molecular formula is C14H26O3. The van der Waals surface area contributed by atoms with Gasteiger partial charge in [-0.25, -0.2) is 0 Å². The Morgan fingerprint density at radius 3 is 2.18 bits per heavy atom. The molecule has 0 fully saturated rings. The molecule has 0 aliphatic carbocycles. The normalized spacial score (nSPS) is 14.1. The van der Waals surface area contributed by atoms with Gasteiger partial charge in [-0.15, -0.1) is 0 Å². The molecule has 0 spiro atoms. The van der Waals surface area contributed by atoms with Gasteiger partial charge in [-0.3, -0.25) is 0 Å². The Hall–Kier alpha value is -0.640. The lowest BCUT2D eigenvalue weighted by Gasteiger charge is -2.18. The van der Waals surface area contributed by atoms with E-state index in [1.165, 1.54) is 0 Å². The van der Waals surface area contributed by atoms with E-state index in [0.29, 0.717) is 19.6 Å². The van der Waals surface area contributed by atoms with Gasteiger partial charge in [0.05, 0.1) is 6.10 Å². The van der Waals surface area contributed by atoms with E-state index in [4.69, 9.17) is 9.47 Å². The summed E-state index contributed by atoms with van der Waals surface area (Å²) in [4.78, 5) is 0. The number of aliphatic hydroxyl groups excluding tert-OH is 1. The molecule has 17 heavy (non-hydrogen) atoms. The minimum absolute atomic E-state index is 0.219. The van der Waals surface area contributed by atoms with Crippen molar-refractivity contribution < 1.29 is 14.6 Å². The van der Waals surface area contributed by atoms with Crippen LogP contribution in [0.5, 0.6) is 0 Å². The molecule has 0 saturated carbocycles. The Morgan fingerprint density at radius 2 is 1.76 bits per heavy atom. The van der Waals surface area contributed by atoms with Gasteiger partial charge < -0.3 is 14.6 Å².